The van der Waals surface area contributed by atoms with Gasteiger partial charge in [-0.05, 0) is 30.5 Å². The second-order valence-electron chi connectivity index (χ2n) is 4.04. The highest BCUT2D eigenvalue weighted by Crippen LogP contribution is 2.32. The van der Waals surface area contributed by atoms with Gasteiger partial charge in [0.05, 0.1) is 0 Å². The molecule has 82 valence electrons. The maximum Gasteiger partial charge on any atom is 0.134 e. The van der Waals surface area contributed by atoms with Gasteiger partial charge in [-0.1, -0.05) is 25.4 Å². The van der Waals surface area contributed by atoms with Crippen LogP contribution in [0.25, 0.3) is 0 Å². The molecule has 0 bridgehead atoms. The largest absolute Gasteiger partial charge is 0.507 e. The van der Waals surface area contributed by atoms with Gasteiger partial charge in [-0.15, -0.1) is 0 Å². The standard InChI is InChI=1S/C12H15ClO2/c1-7(2)11-6-10(13)5-9(12(11)15)4-8(3)14/h5-7,15H,4H2,1-3H3. The van der Waals surface area contributed by atoms with Gasteiger partial charge in [-0.25, -0.2) is 0 Å². The Morgan fingerprint density at radius 1 is 1.47 bits per heavy atom. The zero-order chi connectivity index (χ0) is 11.6. The first kappa shape index (κ1) is 12.1. The molecule has 0 radical (unpaired) electrons. The van der Waals surface area contributed by atoms with E-state index in [2.05, 4.69) is 0 Å². The van der Waals surface area contributed by atoms with Crippen LogP contribution in [0.15, 0.2) is 12.1 Å². The van der Waals surface area contributed by atoms with Gasteiger partial charge < -0.3 is 5.11 Å². The lowest BCUT2D eigenvalue weighted by Gasteiger charge is -2.12. The van der Waals surface area contributed by atoms with Crippen LogP contribution in [0.5, 0.6) is 5.75 Å². The van der Waals surface area contributed by atoms with Crippen molar-refractivity contribution in [1.82, 2.24) is 0 Å². The zero-order valence-corrected chi connectivity index (χ0v) is 9.93. The summed E-state index contributed by atoms with van der Waals surface area (Å²) in [5.41, 5.74) is 1.40. The Kier molecular flexibility index (Phi) is 3.75. The predicted molar refractivity (Wildman–Crippen MR) is 61.6 cm³/mol. The fourth-order valence-electron chi connectivity index (χ4n) is 1.52. The molecule has 0 unspecified atom stereocenters. The molecule has 0 saturated carbocycles. The Hall–Kier alpha value is -1.02. The molecule has 0 aliphatic heterocycles. The Bertz CT molecular complexity index is 383. The molecule has 3 heteroatoms. The van der Waals surface area contributed by atoms with Gasteiger partial charge in [0, 0.05) is 17.0 Å². The van der Waals surface area contributed by atoms with Gasteiger partial charge in [0.15, 0.2) is 0 Å². The molecule has 0 fully saturated rings. The average Bonchev–Trinajstić information content (AvgIpc) is 2.09. The van der Waals surface area contributed by atoms with Crippen molar-refractivity contribution in [1.29, 1.82) is 0 Å². The lowest BCUT2D eigenvalue weighted by Crippen LogP contribution is -1.99. The van der Waals surface area contributed by atoms with Gasteiger partial charge in [0.1, 0.15) is 11.5 Å². The summed E-state index contributed by atoms with van der Waals surface area (Å²) >= 11 is 5.93. The van der Waals surface area contributed by atoms with Crippen molar-refractivity contribution < 1.29 is 9.90 Å². The molecule has 1 rings (SSSR count). The molecule has 15 heavy (non-hydrogen) atoms. The summed E-state index contributed by atoms with van der Waals surface area (Å²) in [4.78, 5) is 11.0. The number of hydrogen-bond donors (Lipinski definition) is 1. The van der Waals surface area contributed by atoms with Crippen molar-refractivity contribution in [2.24, 2.45) is 0 Å². The third kappa shape index (κ3) is 2.96. The number of phenols is 1. The summed E-state index contributed by atoms with van der Waals surface area (Å²) in [6.07, 6.45) is 0.228. The molecule has 0 aromatic heterocycles. The summed E-state index contributed by atoms with van der Waals surface area (Å²) in [7, 11) is 0. The number of rotatable bonds is 3. The van der Waals surface area contributed by atoms with Crippen LogP contribution in [-0.4, -0.2) is 10.9 Å². The summed E-state index contributed by atoms with van der Waals surface area (Å²) in [6, 6.07) is 3.38. The normalized spacial score (nSPS) is 10.7. The van der Waals surface area contributed by atoms with Crippen LogP contribution in [0.1, 0.15) is 37.8 Å². The van der Waals surface area contributed by atoms with Crippen LogP contribution in [0.2, 0.25) is 5.02 Å². The number of halogens is 1. The fraction of sp³-hybridized carbons (Fsp3) is 0.417. The summed E-state index contributed by atoms with van der Waals surface area (Å²) in [5, 5.41) is 10.5. The zero-order valence-electron chi connectivity index (χ0n) is 9.17. The average molecular weight is 227 g/mol. The highest BCUT2D eigenvalue weighted by molar-refractivity contribution is 6.30. The van der Waals surface area contributed by atoms with E-state index < -0.39 is 0 Å². The molecule has 1 N–H and O–H groups in total. The van der Waals surface area contributed by atoms with Crippen LogP contribution in [-0.2, 0) is 11.2 Å². The number of benzene rings is 1. The number of Topliss-reactive ketones (excluding diaryl/α,β-unsaturated/α-hetero) is 1. The molecule has 0 saturated heterocycles. The predicted octanol–water partition coefficient (Wildman–Crippen LogP) is 3.30. The van der Waals surface area contributed by atoms with Crippen LogP contribution in [0.4, 0.5) is 0 Å². The van der Waals surface area contributed by atoms with E-state index in [1.807, 2.05) is 13.8 Å². The SMILES string of the molecule is CC(=O)Cc1cc(Cl)cc(C(C)C)c1O. The summed E-state index contributed by atoms with van der Waals surface area (Å²) in [5.74, 6) is 0.404. The molecular formula is C12H15ClO2. The van der Waals surface area contributed by atoms with Gasteiger partial charge in [-0.3, -0.25) is 4.79 Å². The van der Waals surface area contributed by atoms with Crippen molar-refractivity contribution >= 4 is 17.4 Å². The van der Waals surface area contributed by atoms with E-state index in [1.165, 1.54) is 6.92 Å². The van der Waals surface area contributed by atoms with Crippen LogP contribution >= 0.6 is 11.6 Å². The molecular weight excluding hydrogens is 212 g/mol. The van der Waals surface area contributed by atoms with Gasteiger partial charge in [0.2, 0.25) is 0 Å². The molecule has 0 aliphatic carbocycles. The maximum atomic E-state index is 11.0. The fourth-order valence-corrected chi connectivity index (χ4v) is 1.77. The van der Waals surface area contributed by atoms with Gasteiger partial charge in [0.25, 0.3) is 0 Å². The molecule has 0 spiro atoms. The second-order valence-corrected chi connectivity index (χ2v) is 4.47. The minimum absolute atomic E-state index is 0.0160. The summed E-state index contributed by atoms with van der Waals surface area (Å²) in [6.45, 7) is 5.45. The van der Waals surface area contributed by atoms with Crippen molar-refractivity contribution in [2.45, 2.75) is 33.1 Å². The lowest BCUT2D eigenvalue weighted by atomic mass is 9.97. The quantitative estimate of drug-likeness (QED) is 0.859. The van der Waals surface area contributed by atoms with Gasteiger partial charge in [-0.2, -0.15) is 0 Å². The van der Waals surface area contributed by atoms with E-state index in [0.29, 0.717) is 10.6 Å². The third-order valence-corrected chi connectivity index (χ3v) is 2.46. The first-order valence-electron chi connectivity index (χ1n) is 4.92. The highest BCUT2D eigenvalue weighted by Gasteiger charge is 2.13. The minimum Gasteiger partial charge on any atom is -0.507 e. The van der Waals surface area contributed by atoms with E-state index in [9.17, 15) is 9.90 Å². The molecule has 0 amide bonds. The van der Waals surface area contributed by atoms with E-state index in [4.69, 9.17) is 11.6 Å². The van der Waals surface area contributed by atoms with Crippen molar-refractivity contribution in [3.05, 3.63) is 28.3 Å². The van der Waals surface area contributed by atoms with E-state index in [1.54, 1.807) is 12.1 Å². The van der Waals surface area contributed by atoms with Gasteiger partial charge >= 0.3 is 0 Å². The van der Waals surface area contributed by atoms with Crippen molar-refractivity contribution in [3.63, 3.8) is 0 Å². The molecule has 0 aliphatic rings. The first-order chi connectivity index (χ1) is 6.91. The third-order valence-electron chi connectivity index (χ3n) is 2.24. The van der Waals surface area contributed by atoms with Crippen LogP contribution in [0.3, 0.4) is 0 Å². The number of hydrogen-bond acceptors (Lipinski definition) is 2. The Morgan fingerprint density at radius 3 is 2.53 bits per heavy atom. The van der Waals surface area contributed by atoms with Crippen molar-refractivity contribution in [2.75, 3.05) is 0 Å². The Morgan fingerprint density at radius 2 is 2.07 bits per heavy atom. The number of carbonyl (C=O) groups excluding carboxylic acids is 1. The van der Waals surface area contributed by atoms with E-state index in [0.717, 1.165) is 5.56 Å². The molecule has 0 atom stereocenters. The number of phenolic OH excluding ortho intramolecular Hbond substituents is 1. The summed E-state index contributed by atoms with van der Waals surface area (Å²) < 4.78 is 0. The van der Waals surface area contributed by atoms with E-state index >= 15 is 0 Å². The Labute approximate surface area is 94.9 Å². The van der Waals surface area contributed by atoms with Crippen LogP contribution in [0, 0.1) is 0 Å². The molecule has 0 heterocycles. The second kappa shape index (κ2) is 4.67. The van der Waals surface area contributed by atoms with Crippen molar-refractivity contribution in [3.8, 4) is 5.75 Å². The minimum atomic E-state index is 0.0160. The van der Waals surface area contributed by atoms with E-state index in [-0.39, 0.29) is 23.9 Å². The smallest absolute Gasteiger partial charge is 0.134 e. The Balaban J connectivity index is 3.21. The molecule has 2 nitrogen and oxygen atoms in total. The first-order valence-corrected chi connectivity index (χ1v) is 5.30. The number of carbonyl (C=O) groups is 1. The van der Waals surface area contributed by atoms with Crippen LogP contribution < -0.4 is 0 Å². The number of ketones is 1. The number of aromatic hydroxyl groups is 1. The molecule has 1 aromatic carbocycles. The maximum absolute atomic E-state index is 11.0. The topological polar surface area (TPSA) is 37.3 Å². The molecule has 1 aromatic rings. The highest BCUT2D eigenvalue weighted by atomic mass is 35.5. The lowest BCUT2D eigenvalue weighted by molar-refractivity contribution is -0.116. The monoisotopic (exact) mass is 226 g/mol.